The maximum Gasteiger partial charge on any atom is 0.262 e. The van der Waals surface area contributed by atoms with Crippen molar-refractivity contribution in [2.75, 3.05) is 17.7 Å². The molecule has 0 heterocycles. The number of ether oxygens (including phenoxy) is 1. The summed E-state index contributed by atoms with van der Waals surface area (Å²) in [6.45, 7) is 1.38. The third kappa shape index (κ3) is 4.71. The van der Waals surface area contributed by atoms with E-state index in [4.69, 9.17) is 16.3 Å². The molecule has 0 saturated carbocycles. The molecule has 1 N–H and O–H groups in total. The normalized spacial score (nSPS) is 11.0. The van der Waals surface area contributed by atoms with Crippen LogP contribution in [0.2, 0.25) is 5.02 Å². The van der Waals surface area contributed by atoms with Crippen LogP contribution < -0.4 is 10.1 Å². The molecule has 1 amide bonds. The van der Waals surface area contributed by atoms with Gasteiger partial charge in [-0.05, 0) is 36.4 Å². The molecule has 0 aliphatic carbocycles. The lowest BCUT2D eigenvalue weighted by Crippen LogP contribution is -2.20. The van der Waals surface area contributed by atoms with Gasteiger partial charge in [-0.15, -0.1) is 0 Å². The third-order valence-corrected chi connectivity index (χ3v) is 5.14. The number of para-hydroxylation sites is 1. The molecule has 0 aromatic heterocycles. The van der Waals surface area contributed by atoms with E-state index in [1.807, 2.05) is 0 Å². The van der Waals surface area contributed by atoms with Crippen LogP contribution in [0.1, 0.15) is 6.92 Å². The number of hydrogen-bond acceptors (Lipinski definition) is 4. The van der Waals surface area contributed by atoms with E-state index in [-0.39, 0.29) is 23.2 Å². The Morgan fingerprint density at radius 1 is 1.13 bits per heavy atom. The van der Waals surface area contributed by atoms with Gasteiger partial charge in [-0.2, -0.15) is 0 Å². The van der Waals surface area contributed by atoms with Gasteiger partial charge in [-0.3, -0.25) is 4.79 Å². The molecule has 2 rings (SSSR count). The van der Waals surface area contributed by atoms with E-state index < -0.39 is 9.84 Å². The van der Waals surface area contributed by atoms with Crippen LogP contribution in [0.15, 0.2) is 53.4 Å². The second-order valence-electron chi connectivity index (χ2n) is 4.70. The molecule has 0 fully saturated rings. The van der Waals surface area contributed by atoms with Gasteiger partial charge in [-0.1, -0.05) is 30.7 Å². The number of nitrogens with one attached hydrogen (secondary N) is 1. The highest BCUT2D eigenvalue weighted by Crippen LogP contribution is 2.23. The standard InChI is InChI=1S/C16H16ClNO4S/c1-2-23(20,21)13-9-7-12(8-10-13)18-16(19)11-22-15-6-4-3-5-14(15)17/h3-10H,2,11H2,1H3,(H,18,19). The molecule has 23 heavy (non-hydrogen) atoms. The molecule has 2 aromatic carbocycles. The van der Waals surface area contributed by atoms with Crippen molar-refractivity contribution in [3.63, 3.8) is 0 Å². The zero-order valence-electron chi connectivity index (χ0n) is 12.5. The highest BCUT2D eigenvalue weighted by atomic mass is 35.5. The van der Waals surface area contributed by atoms with Crippen molar-refractivity contribution in [2.24, 2.45) is 0 Å². The number of rotatable bonds is 6. The molecule has 0 unspecified atom stereocenters. The molecule has 122 valence electrons. The summed E-state index contributed by atoms with van der Waals surface area (Å²) in [6.07, 6.45) is 0. The quantitative estimate of drug-likeness (QED) is 0.865. The molecular weight excluding hydrogens is 338 g/mol. The Kier molecular flexibility index (Phi) is 5.63. The number of carbonyl (C=O) groups excluding carboxylic acids is 1. The first-order chi connectivity index (χ1) is 10.9. The van der Waals surface area contributed by atoms with E-state index >= 15 is 0 Å². The van der Waals surface area contributed by atoms with E-state index in [9.17, 15) is 13.2 Å². The van der Waals surface area contributed by atoms with Crippen LogP contribution >= 0.6 is 11.6 Å². The Morgan fingerprint density at radius 2 is 1.78 bits per heavy atom. The number of amides is 1. The second-order valence-corrected chi connectivity index (χ2v) is 7.38. The first kappa shape index (κ1) is 17.3. The zero-order valence-corrected chi connectivity index (χ0v) is 14.0. The van der Waals surface area contributed by atoms with Gasteiger partial charge >= 0.3 is 0 Å². The van der Waals surface area contributed by atoms with Gasteiger partial charge in [-0.25, -0.2) is 8.42 Å². The average Bonchev–Trinajstić information content (AvgIpc) is 2.54. The smallest absolute Gasteiger partial charge is 0.262 e. The Morgan fingerprint density at radius 3 is 2.39 bits per heavy atom. The molecule has 0 aliphatic rings. The van der Waals surface area contributed by atoms with Crippen molar-refractivity contribution in [3.05, 3.63) is 53.6 Å². The number of halogens is 1. The SMILES string of the molecule is CCS(=O)(=O)c1ccc(NC(=O)COc2ccccc2Cl)cc1. The van der Waals surface area contributed by atoms with Crippen molar-refractivity contribution < 1.29 is 17.9 Å². The first-order valence-corrected chi connectivity index (χ1v) is 8.95. The maximum absolute atomic E-state index is 11.8. The molecular formula is C16H16ClNO4S. The van der Waals surface area contributed by atoms with Gasteiger partial charge < -0.3 is 10.1 Å². The summed E-state index contributed by atoms with van der Waals surface area (Å²) in [5.41, 5.74) is 0.493. The fourth-order valence-corrected chi connectivity index (χ4v) is 2.89. The molecule has 5 nitrogen and oxygen atoms in total. The Balaban J connectivity index is 1.94. The zero-order chi connectivity index (χ0) is 16.9. The summed E-state index contributed by atoms with van der Waals surface area (Å²) >= 11 is 5.93. The van der Waals surface area contributed by atoms with Gasteiger partial charge in [0.25, 0.3) is 5.91 Å². The predicted molar refractivity (Wildman–Crippen MR) is 89.7 cm³/mol. The maximum atomic E-state index is 11.8. The van der Waals surface area contributed by atoms with Crippen molar-refractivity contribution in [2.45, 2.75) is 11.8 Å². The first-order valence-electron chi connectivity index (χ1n) is 6.92. The van der Waals surface area contributed by atoms with Crippen molar-refractivity contribution in [3.8, 4) is 5.75 Å². The molecule has 0 spiro atoms. The van der Waals surface area contributed by atoms with Crippen LogP contribution in [0.5, 0.6) is 5.75 Å². The lowest BCUT2D eigenvalue weighted by atomic mass is 10.3. The summed E-state index contributed by atoms with van der Waals surface area (Å²) in [5, 5.41) is 3.05. The number of anilines is 1. The van der Waals surface area contributed by atoms with Gasteiger partial charge in [0.05, 0.1) is 15.7 Å². The minimum Gasteiger partial charge on any atom is -0.482 e. The van der Waals surface area contributed by atoms with Crippen LogP contribution in [0, 0.1) is 0 Å². The Labute approximate surface area is 140 Å². The highest BCUT2D eigenvalue weighted by molar-refractivity contribution is 7.91. The van der Waals surface area contributed by atoms with Crippen molar-refractivity contribution in [1.82, 2.24) is 0 Å². The summed E-state index contributed by atoms with van der Waals surface area (Å²) in [7, 11) is -3.25. The number of hydrogen-bond donors (Lipinski definition) is 1. The van der Waals surface area contributed by atoms with Crippen LogP contribution in [-0.2, 0) is 14.6 Å². The minimum absolute atomic E-state index is 0.0321. The van der Waals surface area contributed by atoms with Crippen LogP contribution in [0.25, 0.3) is 0 Å². The molecule has 0 atom stereocenters. The topological polar surface area (TPSA) is 72.5 Å². The summed E-state index contributed by atoms with van der Waals surface area (Å²) in [5.74, 6) is 0.0921. The van der Waals surface area contributed by atoms with E-state index in [0.29, 0.717) is 16.5 Å². The summed E-state index contributed by atoms with van der Waals surface area (Å²) in [4.78, 5) is 12.1. The molecule has 7 heteroatoms. The van der Waals surface area contributed by atoms with E-state index in [0.717, 1.165) is 0 Å². The molecule has 2 aromatic rings. The molecule has 0 aliphatic heterocycles. The third-order valence-electron chi connectivity index (χ3n) is 3.07. The van der Waals surface area contributed by atoms with Crippen LogP contribution in [0.4, 0.5) is 5.69 Å². The molecule has 0 bridgehead atoms. The number of sulfone groups is 1. The monoisotopic (exact) mass is 353 g/mol. The highest BCUT2D eigenvalue weighted by Gasteiger charge is 2.11. The largest absolute Gasteiger partial charge is 0.482 e. The van der Waals surface area contributed by atoms with Crippen molar-refractivity contribution in [1.29, 1.82) is 0 Å². The van der Waals surface area contributed by atoms with E-state index in [2.05, 4.69) is 5.32 Å². The summed E-state index contributed by atoms with van der Waals surface area (Å²) < 4.78 is 28.7. The van der Waals surface area contributed by atoms with Crippen LogP contribution in [0.3, 0.4) is 0 Å². The van der Waals surface area contributed by atoms with E-state index in [1.54, 1.807) is 31.2 Å². The van der Waals surface area contributed by atoms with Gasteiger partial charge in [0, 0.05) is 5.69 Å². The fourth-order valence-electron chi connectivity index (χ4n) is 1.81. The Hall–Kier alpha value is -2.05. The molecule has 0 radical (unpaired) electrons. The van der Waals surface area contributed by atoms with Crippen molar-refractivity contribution >= 4 is 33.0 Å². The number of carbonyl (C=O) groups is 1. The second kappa shape index (κ2) is 7.48. The van der Waals surface area contributed by atoms with E-state index in [1.165, 1.54) is 24.3 Å². The number of benzene rings is 2. The minimum atomic E-state index is -3.25. The van der Waals surface area contributed by atoms with Gasteiger partial charge in [0.15, 0.2) is 16.4 Å². The average molecular weight is 354 g/mol. The van der Waals surface area contributed by atoms with Gasteiger partial charge in [0.2, 0.25) is 0 Å². The van der Waals surface area contributed by atoms with Crippen LogP contribution in [-0.4, -0.2) is 26.7 Å². The van der Waals surface area contributed by atoms with Gasteiger partial charge in [0.1, 0.15) is 5.75 Å². The Bertz CT molecular complexity index is 788. The fraction of sp³-hybridized carbons (Fsp3) is 0.188. The summed E-state index contributed by atoms with van der Waals surface area (Å²) in [6, 6.07) is 12.9. The predicted octanol–water partition coefficient (Wildman–Crippen LogP) is 3.15. The lowest BCUT2D eigenvalue weighted by molar-refractivity contribution is -0.118. The molecule has 0 saturated heterocycles. The lowest BCUT2D eigenvalue weighted by Gasteiger charge is -2.09.